The number of amides is 2. The monoisotopic (exact) mass is 460 g/mol. The normalized spacial score (nSPS) is 25.2. The molecule has 2 aromatic carbocycles. The molecule has 3 fully saturated rings. The van der Waals surface area contributed by atoms with E-state index in [1.807, 2.05) is 24.3 Å². The van der Waals surface area contributed by atoms with E-state index in [1.165, 1.54) is 11.1 Å². The van der Waals surface area contributed by atoms with E-state index in [2.05, 4.69) is 29.6 Å². The standard InChI is InChI=1S/C27H28N2O5/c30-25(29-12-20-21(13-29)24(20)26(31)32)23(11-15-9-10-15)28-27(33)34-14-22-18-7-3-1-5-16(18)17-6-2-4-8-19(17)22/h1-8,15,20-24H,9-14H2,(H,28,33)(H,31,32)/t20-,21+,23?,24?. The van der Waals surface area contributed by atoms with E-state index in [4.69, 9.17) is 4.74 Å². The summed E-state index contributed by atoms with van der Waals surface area (Å²) in [6.07, 6.45) is 2.18. The summed E-state index contributed by atoms with van der Waals surface area (Å²) in [6, 6.07) is 15.7. The van der Waals surface area contributed by atoms with Crippen LogP contribution in [-0.2, 0) is 14.3 Å². The van der Waals surface area contributed by atoms with Gasteiger partial charge in [0.15, 0.2) is 0 Å². The molecule has 34 heavy (non-hydrogen) atoms. The molecule has 176 valence electrons. The summed E-state index contributed by atoms with van der Waals surface area (Å²) in [4.78, 5) is 38.9. The number of ether oxygens (including phenoxy) is 1. The third-order valence-electron chi connectivity index (χ3n) is 7.99. The topological polar surface area (TPSA) is 95.9 Å². The summed E-state index contributed by atoms with van der Waals surface area (Å²) in [6.45, 7) is 1.14. The third-order valence-corrected chi connectivity index (χ3v) is 7.99. The van der Waals surface area contributed by atoms with E-state index in [1.54, 1.807) is 4.90 Å². The highest BCUT2D eigenvalue weighted by atomic mass is 16.5. The highest BCUT2D eigenvalue weighted by Crippen LogP contribution is 2.52. The van der Waals surface area contributed by atoms with Gasteiger partial charge in [-0.3, -0.25) is 9.59 Å². The van der Waals surface area contributed by atoms with Crippen LogP contribution in [0.4, 0.5) is 4.79 Å². The summed E-state index contributed by atoms with van der Waals surface area (Å²) in [5.41, 5.74) is 4.63. The van der Waals surface area contributed by atoms with Gasteiger partial charge in [0.05, 0.1) is 5.92 Å². The van der Waals surface area contributed by atoms with Gasteiger partial charge in [-0.05, 0) is 46.4 Å². The van der Waals surface area contributed by atoms with Gasteiger partial charge >= 0.3 is 12.1 Å². The molecule has 2 amide bonds. The number of carbonyl (C=O) groups is 3. The summed E-state index contributed by atoms with van der Waals surface area (Å²) in [5, 5.41) is 12.1. The van der Waals surface area contributed by atoms with E-state index in [0.717, 1.165) is 24.0 Å². The molecule has 2 saturated carbocycles. The van der Waals surface area contributed by atoms with Crippen LogP contribution in [-0.4, -0.2) is 53.7 Å². The second-order valence-electron chi connectivity index (χ2n) is 10.1. The van der Waals surface area contributed by atoms with Crippen molar-refractivity contribution in [1.29, 1.82) is 0 Å². The van der Waals surface area contributed by atoms with Crippen molar-refractivity contribution in [2.45, 2.75) is 31.2 Å². The predicted octanol–water partition coefficient (Wildman–Crippen LogP) is 3.48. The number of carbonyl (C=O) groups excluding carboxylic acids is 2. The van der Waals surface area contributed by atoms with Crippen LogP contribution >= 0.6 is 0 Å². The Labute approximate surface area is 198 Å². The summed E-state index contributed by atoms with van der Waals surface area (Å²) in [7, 11) is 0. The minimum atomic E-state index is -0.770. The number of carboxylic acid groups (broad SMARTS) is 1. The lowest BCUT2D eigenvalue weighted by Gasteiger charge is -2.26. The molecule has 7 nitrogen and oxygen atoms in total. The second kappa shape index (κ2) is 8.15. The molecule has 3 aliphatic carbocycles. The van der Waals surface area contributed by atoms with Gasteiger partial charge in [-0.25, -0.2) is 4.79 Å². The van der Waals surface area contributed by atoms with Gasteiger partial charge in [-0.1, -0.05) is 61.4 Å². The average molecular weight is 461 g/mol. The number of carboxylic acids is 1. The Balaban J connectivity index is 1.10. The first-order valence-corrected chi connectivity index (χ1v) is 12.1. The molecule has 1 aliphatic heterocycles. The lowest BCUT2D eigenvalue weighted by atomic mass is 9.98. The Morgan fingerprint density at radius 3 is 2.12 bits per heavy atom. The van der Waals surface area contributed by atoms with Gasteiger partial charge in [-0.2, -0.15) is 0 Å². The van der Waals surface area contributed by atoms with Crippen LogP contribution in [0.1, 0.15) is 36.3 Å². The first kappa shape index (κ1) is 21.2. The molecule has 6 rings (SSSR count). The zero-order valence-corrected chi connectivity index (χ0v) is 18.9. The van der Waals surface area contributed by atoms with Crippen LogP contribution in [0.2, 0.25) is 0 Å². The number of alkyl carbamates (subject to hydrolysis) is 1. The highest BCUT2D eigenvalue weighted by molar-refractivity contribution is 5.87. The molecular formula is C27H28N2O5. The van der Waals surface area contributed by atoms with Crippen LogP contribution < -0.4 is 5.32 Å². The van der Waals surface area contributed by atoms with Gasteiger partial charge in [0.2, 0.25) is 5.91 Å². The molecule has 1 heterocycles. The second-order valence-corrected chi connectivity index (χ2v) is 10.1. The van der Waals surface area contributed by atoms with Gasteiger partial charge in [0, 0.05) is 19.0 Å². The number of piperidine rings is 1. The molecule has 0 aromatic heterocycles. The summed E-state index contributed by atoms with van der Waals surface area (Å²) < 4.78 is 5.66. The minimum absolute atomic E-state index is 0.0330. The van der Waals surface area contributed by atoms with Crippen LogP contribution in [0.25, 0.3) is 11.1 Å². The first-order chi connectivity index (χ1) is 16.5. The van der Waals surface area contributed by atoms with Crippen molar-refractivity contribution < 1.29 is 24.2 Å². The quantitative estimate of drug-likeness (QED) is 0.660. The third kappa shape index (κ3) is 3.73. The largest absolute Gasteiger partial charge is 0.481 e. The van der Waals surface area contributed by atoms with E-state index < -0.39 is 18.1 Å². The number of nitrogens with one attached hydrogen (secondary N) is 1. The van der Waals surface area contributed by atoms with Crippen molar-refractivity contribution in [2.24, 2.45) is 23.7 Å². The van der Waals surface area contributed by atoms with Crippen molar-refractivity contribution in [3.63, 3.8) is 0 Å². The van der Waals surface area contributed by atoms with Crippen molar-refractivity contribution in [2.75, 3.05) is 19.7 Å². The molecule has 2 N–H and O–H groups in total. The van der Waals surface area contributed by atoms with Crippen molar-refractivity contribution >= 4 is 18.0 Å². The number of nitrogens with zero attached hydrogens (tertiary/aromatic N) is 1. The lowest BCUT2D eigenvalue weighted by Crippen LogP contribution is -2.49. The Morgan fingerprint density at radius 2 is 1.56 bits per heavy atom. The Hall–Kier alpha value is -3.35. The molecule has 2 aromatic rings. The number of likely N-dealkylation sites (tertiary alicyclic amines) is 1. The van der Waals surface area contributed by atoms with Gasteiger partial charge < -0.3 is 20.1 Å². The Bertz CT molecular complexity index is 1100. The van der Waals surface area contributed by atoms with Crippen LogP contribution in [0, 0.1) is 23.7 Å². The van der Waals surface area contributed by atoms with Gasteiger partial charge in [0.1, 0.15) is 12.6 Å². The van der Waals surface area contributed by atoms with E-state index in [9.17, 15) is 19.5 Å². The number of hydrogen-bond acceptors (Lipinski definition) is 4. The molecule has 4 atom stereocenters. The maximum atomic E-state index is 13.2. The fourth-order valence-electron chi connectivity index (χ4n) is 5.98. The number of fused-ring (bicyclic) bond motifs is 4. The molecule has 1 saturated heterocycles. The fraction of sp³-hybridized carbons (Fsp3) is 0.444. The first-order valence-electron chi connectivity index (χ1n) is 12.1. The highest BCUT2D eigenvalue weighted by Gasteiger charge is 2.61. The number of aliphatic carboxylic acids is 1. The number of benzene rings is 2. The number of rotatable bonds is 7. The average Bonchev–Trinajstić information content (AvgIpc) is 3.72. The molecule has 0 spiro atoms. The molecule has 2 unspecified atom stereocenters. The van der Waals surface area contributed by atoms with Crippen molar-refractivity contribution in [3.8, 4) is 11.1 Å². The SMILES string of the molecule is O=C(NC(CC1CC1)C(=O)N1C[C@@H]2C(C(=O)O)[C@@H]2C1)OCC1c2ccccc2-c2ccccc21. The molecular weight excluding hydrogens is 432 g/mol. The summed E-state index contributed by atoms with van der Waals surface area (Å²) in [5.74, 6) is -0.678. The molecule has 0 radical (unpaired) electrons. The van der Waals surface area contributed by atoms with Gasteiger partial charge in [0.25, 0.3) is 0 Å². The zero-order chi connectivity index (χ0) is 23.4. The zero-order valence-electron chi connectivity index (χ0n) is 18.9. The smallest absolute Gasteiger partial charge is 0.407 e. The lowest BCUT2D eigenvalue weighted by molar-refractivity contribution is -0.141. The van der Waals surface area contributed by atoms with Crippen LogP contribution in [0.3, 0.4) is 0 Å². The molecule has 0 bridgehead atoms. The Kier molecular flexibility index (Phi) is 5.08. The minimum Gasteiger partial charge on any atom is -0.481 e. The fourth-order valence-corrected chi connectivity index (χ4v) is 5.98. The van der Waals surface area contributed by atoms with E-state index in [-0.39, 0.29) is 36.2 Å². The Morgan fingerprint density at radius 1 is 0.971 bits per heavy atom. The van der Waals surface area contributed by atoms with Gasteiger partial charge in [-0.15, -0.1) is 0 Å². The summed E-state index contributed by atoms with van der Waals surface area (Å²) >= 11 is 0. The molecule has 7 heteroatoms. The van der Waals surface area contributed by atoms with Crippen molar-refractivity contribution in [1.82, 2.24) is 10.2 Å². The van der Waals surface area contributed by atoms with Crippen molar-refractivity contribution in [3.05, 3.63) is 59.7 Å². The number of hydrogen-bond donors (Lipinski definition) is 2. The molecule has 4 aliphatic rings. The van der Waals surface area contributed by atoms with Crippen LogP contribution in [0.5, 0.6) is 0 Å². The van der Waals surface area contributed by atoms with Crippen LogP contribution in [0.15, 0.2) is 48.5 Å². The maximum absolute atomic E-state index is 13.2. The van der Waals surface area contributed by atoms with E-state index >= 15 is 0 Å². The maximum Gasteiger partial charge on any atom is 0.407 e. The van der Waals surface area contributed by atoms with E-state index in [0.29, 0.717) is 25.4 Å². The predicted molar refractivity (Wildman–Crippen MR) is 124 cm³/mol.